The van der Waals surface area contributed by atoms with Gasteiger partial charge in [0.2, 0.25) is 0 Å². The molecule has 24 heavy (non-hydrogen) atoms. The average molecular weight is 324 g/mol. The maximum atomic E-state index is 10.4. The number of aliphatic hydroxyl groups is 1. The van der Waals surface area contributed by atoms with Gasteiger partial charge in [0.1, 0.15) is 24.3 Å². The predicted octanol–water partition coefficient (Wildman–Crippen LogP) is 3.74. The highest BCUT2D eigenvalue weighted by Crippen LogP contribution is 2.18. The molecule has 1 heterocycles. The summed E-state index contributed by atoms with van der Waals surface area (Å²) in [5.74, 6) is 1.81. The van der Waals surface area contributed by atoms with E-state index in [1.54, 1.807) is 0 Å². The van der Waals surface area contributed by atoms with Gasteiger partial charge in [0, 0.05) is 6.42 Å². The molecule has 3 rings (SSSR count). The molecule has 0 amide bonds. The number of para-hydroxylation sites is 2. The van der Waals surface area contributed by atoms with E-state index in [0.717, 1.165) is 41.0 Å². The first kappa shape index (κ1) is 16.5. The third-order valence-electron chi connectivity index (χ3n) is 4.03. The van der Waals surface area contributed by atoms with Crippen LogP contribution in [-0.2, 0) is 13.0 Å². The average Bonchev–Trinajstić information content (AvgIpc) is 2.91. The molecule has 0 unspecified atom stereocenters. The molecule has 1 aromatic heterocycles. The largest absolute Gasteiger partial charge is 0.491 e. The van der Waals surface area contributed by atoms with Gasteiger partial charge >= 0.3 is 0 Å². The minimum Gasteiger partial charge on any atom is -0.491 e. The second-order valence-corrected chi connectivity index (χ2v) is 6.16. The zero-order valence-electron chi connectivity index (χ0n) is 14.3. The number of benzene rings is 2. The van der Waals surface area contributed by atoms with Crippen LogP contribution in [0.4, 0.5) is 0 Å². The highest BCUT2D eigenvalue weighted by molar-refractivity contribution is 5.75. The number of hydrogen-bond donors (Lipinski definition) is 1. The van der Waals surface area contributed by atoms with Crippen LogP contribution in [0, 0.1) is 6.92 Å². The Morgan fingerprint density at radius 2 is 2.00 bits per heavy atom. The highest BCUT2D eigenvalue weighted by atomic mass is 16.5. The summed E-state index contributed by atoms with van der Waals surface area (Å²) in [7, 11) is 0. The molecule has 0 fully saturated rings. The van der Waals surface area contributed by atoms with Crippen LogP contribution >= 0.6 is 0 Å². The Hall–Kier alpha value is -2.33. The third-order valence-corrected chi connectivity index (χ3v) is 4.03. The quantitative estimate of drug-likeness (QED) is 0.720. The number of nitrogens with zero attached hydrogens (tertiary/aromatic N) is 2. The van der Waals surface area contributed by atoms with Crippen molar-refractivity contribution < 1.29 is 9.84 Å². The van der Waals surface area contributed by atoms with Crippen LogP contribution in [0.15, 0.2) is 48.5 Å². The molecule has 2 aromatic carbocycles. The lowest BCUT2D eigenvalue weighted by Crippen LogP contribution is -2.24. The smallest absolute Gasteiger partial charge is 0.119 e. The summed E-state index contributed by atoms with van der Waals surface area (Å²) >= 11 is 0. The molecule has 0 spiro atoms. The number of aromatic nitrogens is 2. The van der Waals surface area contributed by atoms with E-state index in [9.17, 15) is 5.11 Å². The van der Waals surface area contributed by atoms with Gasteiger partial charge in [0.25, 0.3) is 0 Å². The van der Waals surface area contributed by atoms with Crippen LogP contribution in [0.2, 0.25) is 0 Å². The van der Waals surface area contributed by atoms with Gasteiger partial charge in [-0.2, -0.15) is 0 Å². The Morgan fingerprint density at radius 3 is 2.79 bits per heavy atom. The van der Waals surface area contributed by atoms with E-state index in [0.29, 0.717) is 6.54 Å². The summed E-state index contributed by atoms with van der Waals surface area (Å²) in [5, 5.41) is 10.4. The maximum absolute atomic E-state index is 10.4. The summed E-state index contributed by atoms with van der Waals surface area (Å²) in [6.07, 6.45) is 1.35. The first-order valence-electron chi connectivity index (χ1n) is 8.49. The van der Waals surface area contributed by atoms with Crippen LogP contribution < -0.4 is 4.74 Å². The van der Waals surface area contributed by atoms with Gasteiger partial charge < -0.3 is 14.4 Å². The predicted molar refractivity (Wildman–Crippen MR) is 96.4 cm³/mol. The van der Waals surface area contributed by atoms with Gasteiger partial charge in [-0.3, -0.25) is 0 Å². The topological polar surface area (TPSA) is 47.3 Å². The van der Waals surface area contributed by atoms with Crippen molar-refractivity contribution in [2.75, 3.05) is 6.61 Å². The summed E-state index contributed by atoms with van der Waals surface area (Å²) in [4.78, 5) is 4.70. The Balaban J connectivity index is 1.72. The molecule has 0 bridgehead atoms. The lowest BCUT2D eigenvalue weighted by Gasteiger charge is -2.16. The Kier molecular flexibility index (Phi) is 5.16. The molecule has 4 heteroatoms. The maximum Gasteiger partial charge on any atom is 0.119 e. The van der Waals surface area contributed by atoms with Crippen molar-refractivity contribution >= 4 is 11.0 Å². The van der Waals surface area contributed by atoms with Crippen LogP contribution in [0.25, 0.3) is 11.0 Å². The summed E-state index contributed by atoms with van der Waals surface area (Å²) in [6, 6.07) is 15.9. The molecule has 1 N–H and O–H groups in total. The van der Waals surface area contributed by atoms with Crippen molar-refractivity contribution in [3.05, 3.63) is 59.9 Å². The Labute approximate surface area is 142 Å². The summed E-state index contributed by atoms with van der Waals surface area (Å²) in [6.45, 7) is 4.92. The number of fused-ring (bicyclic) bond motifs is 1. The van der Waals surface area contributed by atoms with E-state index in [-0.39, 0.29) is 6.61 Å². The number of hydrogen-bond acceptors (Lipinski definition) is 3. The van der Waals surface area contributed by atoms with E-state index < -0.39 is 6.10 Å². The minimum absolute atomic E-state index is 0.265. The van der Waals surface area contributed by atoms with Crippen molar-refractivity contribution in [3.8, 4) is 5.75 Å². The van der Waals surface area contributed by atoms with E-state index >= 15 is 0 Å². The van der Waals surface area contributed by atoms with Crippen LogP contribution in [0.3, 0.4) is 0 Å². The first-order chi connectivity index (χ1) is 11.7. The number of ether oxygens (including phenoxy) is 1. The van der Waals surface area contributed by atoms with Crippen molar-refractivity contribution in [1.82, 2.24) is 9.55 Å². The summed E-state index contributed by atoms with van der Waals surface area (Å²) < 4.78 is 7.84. The van der Waals surface area contributed by atoms with Gasteiger partial charge in [-0.1, -0.05) is 31.2 Å². The monoisotopic (exact) mass is 324 g/mol. The van der Waals surface area contributed by atoms with Gasteiger partial charge in [-0.05, 0) is 43.2 Å². The first-order valence-corrected chi connectivity index (χ1v) is 8.49. The van der Waals surface area contributed by atoms with Crippen molar-refractivity contribution in [3.63, 3.8) is 0 Å². The van der Waals surface area contributed by atoms with E-state index in [2.05, 4.69) is 17.6 Å². The molecule has 0 aliphatic carbocycles. The van der Waals surface area contributed by atoms with E-state index in [4.69, 9.17) is 9.72 Å². The molecule has 4 nitrogen and oxygen atoms in total. The fourth-order valence-electron chi connectivity index (χ4n) is 2.90. The second-order valence-electron chi connectivity index (χ2n) is 6.16. The van der Waals surface area contributed by atoms with Gasteiger partial charge in [-0.15, -0.1) is 0 Å². The summed E-state index contributed by atoms with van der Waals surface area (Å²) in [5.41, 5.74) is 3.19. The number of imidazole rings is 1. The molecule has 126 valence electrons. The molecule has 0 radical (unpaired) electrons. The number of aryl methyl sites for hydroxylation is 2. The van der Waals surface area contributed by atoms with Crippen LogP contribution in [-0.4, -0.2) is 27.4 Å². The van der Waals surface area contributed by atoms with Crippen LogP contribution in [0.5, 0.6) is 5.75 Å². The van der Waals surface area contributed by atoms with Gasteiger partial charge in [0.15, 0.2) is 0 Å². The Morgan fingerprint density at radius 1 is 1.17 bits per heavy atom. The molecular formula is C20H24N2O2. The molecule has 0 saturated carbocycles. The van der Waals surface area contributed by atoms with E-state index in [1.807, 2.05) is 49.4 Å². The molecular weight excluding hydrogens is 300 g/mol. The zero-order chi connectivity index (χ0) is 16.9. The molecule has 0 saturated heterocycles. The molecule has 1 atom stereocenters. The molecule has 3 aromatic rings. The minimum atomic E-state index is -0.585. The SMILES string of the molecule is CCCc1nc2ccccc2n1C[C@H](O)COc1cccc(C)c1. The highest BCUT2D eigenvalue weighted by Gasteiger charge is 2.14. The Bertz CT molecular complexity index is 810. The fraction of sp³-hybridized carbons (Fsp3) is 0.350. The van der Waals surface area contributed by atoms with Crippen molar-refractivity contribution in [1.29, 1.82) is 0 Å². The second kappa shape index (κ2) is 7.49. The van der Waals surface area contributed by atoms with Crippen molar-refractivity contribution in [2.45, 2.75) is 39.3 Å². The zero-order valence-corrected chi connectivity index (χ0v) is 14.3. The lowest BCUT2D eigenvalue weighted by atomic mass is 10.2. The van der Waals surface area contributed by atoms with Crippen LogP contribution in [0.1, 0.15) is 24.7 Å². The number of rotatable bonds is 7. The normalized spacial score (nSPS) is 12.5. The lowest BCUT2D eigenvalue weighted by molar-refractivity contribution is 0.0927. The number of aliphatic hydroxyl groups excluding tert-OH is 1. The van der Waals surface area contributed by atoms with Gasteiger partial charge in [-0.25, -0.2) is 4.98 Å². The molecule has 0 aliphatic rings. The van der Waals surface area contributed by atoms with Crippen molar-refractivity contribution in [2.24, 2.45) is 0 Å². The third kappa shape index (κ3) is 3.77. The fourth-order valence-corrected chi connectivity index (χ4v) is 2.90. The van der Waals surface area contributed by atoms with E-state index in [1.165, 1.54) is 0 Å². The van der Waals surface area contributed by atoms with Gasteiger partial charge in [0.05, 0.1) is 17.6 Å². The molecule has 0 aliphatic heterocycles. The standard InChI is InChI=1S/C20H24N2O2/c1-3-7-20-21-18-10-4-5-11-19(18)22(20)13-16(23)14-24-17-9-6-8-15(2)12-17/h4-6,8-12,16,23H,3,7,13-14H2,1-2H3/t16-/m0/s1.